The van der Waals surface area contributed by atoms with Crippen molar-refractivity contribution in [1.29, 1.82) is 0 Å². The Morgan fingerprint density at radius 3 is 2.93 bits per heavy atom. The molecule has 0 spiro atoms. The number of rotatable bonds is 2. The number of halogens is 1. The minimum Gasteiger partial charge on any atom is -0.463 e. The summed E-state index contributed by atoms with van der Waals surface area (Å²) in [6.45, 7) is 4.22. The molecule has 0 unspecified atom stereocenters. The van der Waals surface area contributed by atoms with E-state index in [9.17, 15) is 14.7 Å². The van der Waals surface area contributed by atoms with E-state index in [1.165, 1.54) is 4.90 Å². The number of benzene rings is 1. The second-order valence-electron chi connectivity index (χ2n) is 7.29. The zero-order valence-corrected chi connectivity index (χ0v) is 16.5. The number of hydrogen-bond donors (Lipinski definition) is 2. The van der Waals surface area contributed by atoms with Crippen LogP contribution in [0.2, 0.25) is 5.02 Å². The third kappa shape index (κ3) is 3.84. The molecule has 8 heteroatoms. The van der Waals surface area contributed by atoms with Gasteiger partial charge in [0.1, 0.15) is 0 Å². The lowest BCUT2D eigenvalue weighted by Crippen LogP contribution is -2.63. The highest BCUT2D eigenvalue weighted by Gasteiger charge is 2.44. The van der Waals surface area contributed by atoms with Gasteiger partial charge in [-0.15, -0.1) is 11.4 Å². The molecule has 0 aromatic heterocycles. The van der Waals surface area contributed by atoms with Crippen molar-refractivity contribution in [3.05, 3.63) is 34.3 Å². The fraction of sp³-hybridized carbons (Fsp3) is 0.450. The highest BCUT2D eigenvalue weighted by Crippen LogP contribution is 2.36. The third-order valence-electron chi connectivity index (χ3n) is 5.16. The summed E-state index contributed by atoms with van der Waals surface area (Å²) < 4.78 is 5.55. The van der Waals surface area contributed by atoms with Gasteiger partial charge in [0.25, 0.3) is 0 Å². The number of aliphatic imine (C=N–C) groups is 1. The number of terminal acetylenes is 1. The van der Waals surface area contributed by atoms with Crippen LogP contribution in [0.5, 0.6) is 0 Å². The van der Waals surface area contributed by atoms with Gasteiger partial charge in [0.05, 0.1) is 23.1 Å². The molecule has 2 heterocycles. The van der Waals surface area contributed by atoms with Gasteiger partial charge in [-0.1, -0.05) is 29.7 Å². The molecular formula is C20H22ClN3O4. The number of nitrogens with zero attached hydrogens (tertiary/aromatic N) is 2. The standard InChI is InChI=1S/C20H22ClN3O4/c1-4-13-6-5-7-15(17(13)21)20(3)11-16(25)24(18(23-20)22-19(26)27)14-8-9-28-12(2)10-14/h1,5-7,12,14H,8-11H2,2-3H3,(H,22,23)(H,26,27)/t12-,14-,20-/m0/s1. The van der Waals surface area contributed by atoms with Crippen LogP contribution >= 0.6 is 11.6 Å². The monoisotopic (exact) mass is 403 g/mol. The number of carbonyl (C=O) groups excluding carboxylic acids is 1. The number of amides is 2. The molecule has 3 atom stereocenters. The predicted molar refractivity (Wildman–Crippen MR) is 105 cm³/mol. The molecule has 7 nitrogen and oxygen atoms in total. The maximum atomic E-state index is 13.1. The van der Waals surface area contributed by atoms with Gasteiger partial charge in [0, 0.05) is 18.2 Å². The lowest BCUT2D eigenvalue weighted by molar-refractivity contribution is -0.134. The van der Waals surface area contributed by atoms with Crippen molar-refractivity contribution in [3.63, 3.8) is 0 Å². The largest absolute Gasteiger partial charge is 0.463 e. The first kappa shape index (κ1) is 20.2. The molecule has 3 rings (SSSR count). The van der Waals surface area contributed by atoms with Gasteiger partial charge < -0.3 is 15.2 Å². The zero-order chi connectivity index (χ0) is 20.5. The van der Waals surface area contributed by atoms with E-state index in [2.05, 4.69) is 16.2 Å². The number of nitrogens with one attached hydrogen (secondary N) is 1. The maximum Gasteiger partial charge on any atom is 0.434 e. The van der Waals surface area contributed by atoms with E-state index in [1.54, 1.807) is 25.1 Å². The van der Waals surface area contributed by atoms with Gasteiger partial charge >= 0.3 is 6.09 Å². The smallest absolute Gasteiger partial charge is 0.434 e. The molecule has 0 saturated carbocycles. The summed E-state index contributed by atoms with van der Waals surface area (Å²) in [6.07, 6.45) is 5.41. The first-order valence-corrected chi connectivity index (χ1v) is 9.42. The lowest BCUT2D eigenvalue weighted by atomic mass is 9.85. The zero-order valence-electron chi connectivity index (χ0n) is 15.7. The number of hydrogen-bond acceptors (Lipinski definition) is 3. The molecule has 2 saturated heterocycles. The average Bonchev–Trinajstić information content (AvgIpc) is 2.60. The first-order valence-electron chi connectivity index (χ1n) is 9.04. The minimum absolute atomic E-state index is 0.00697. The summed E-state index contributed by atoms with van der Waals surface area (Å²) >= 11 is 6.46. The molecule has 0 aliphatic carbocycles. The predicted octanol–water partition coefficient (Wildman–Crippen LogP) is 2.96. The molecule has 2 N–H and O–H groups in total. The van der Waals surface area contributed by atoms with Crippen molar-refractivity contribution in [2.45, 2.75) is 50.8 Å². The number of carboxylic acid groups (broad SMARTS) is 1. The van der Waals surface area contributed by atoms with Crippen molar-refractivity contribution < 1.29 is 19.4 Å². The van der Waals surface area contributed by atoms with Gasteiger partial charge in [-0.05, 0) is 38.3 Å². The molecule has 28 heavy (non-hydrogen) atoms. The minimum atomic E-state index is -1.38. The Labute approximate surface area is 168 Å². The SMILES string of the molecule is C#Cc1cccc([C@]2(C)CC(=O)N([C@H]3CCO[C@@H](C)C3)/C(=N/C(=O)O)N2)c1Cl. The van der Waals surface area contributed by atoms with Crippen molar-refractivity contribution in [2.24, 2.45) is 4.99 Å². The Kier molecular flexibility index (Phi) is 5.64. The summed E-state index contributed by atoms with van der Waals surface area (Å²) in [4.78, 5) is 29.6. The average molecular weight is 404 g/mol. The molecule has 2 aliphatic rings. The van der Waals surface area contributed by atoms with Gasteiger partial charge in [0.15, 0.2) is 0 Å². The first-order chi connectivity index (χ1) is 13.2. The molecule has 1 aromatic carbocycles. The quantitative estimate of drug-likeness (QED) is 0.741. The van der Waals surface area contributed by atoms with Crippen molar-refractivity contribution in [3.8, 4) is 12.3 Å². The van der Waals surface area contributed by atoms with Crippen molar-refractivity contribution >= 4 is 29.6 Å². The van der Waals surface area contributed by atoms with E-state index in [4.69, 9.17) is 22.8 Å². The van der Waals surface area contributed by atoms with Crippen LogP contribution in [0.15, 0.2) is 23.2 Å². The molecule has 2 amide bonds. The number of ether oxygens (including phenoxy) is 1. The fourth-order valence-electron chi connectivity index (χ4n) is 3.85. The summed E-state index contributed by atoms with van der Waals surface area (Å²) in [5.74, 6) is 2.31. The highest BCUT2D eigenvalue weighted by atomic mass is 35.5. The van der Waals surface area contributed by atoms with Crippen molar-refractivity contribution in [1.82, 2.24) is 10.2 Å². The molecule has 0 bridgehead atoms. The van der Waals surface area contributed by atoms with Crippen LogP contribution in [0.3, 0.4) is 0 Å². The normalized spacial score (nSPS) is 29.3. The van der Waals surface area contributed by atoms with Crippen LogP contribution < -0.4 is 5.32 Å². The maximum absolute atomic E-state index is 13.1. The van der Waals surface area contributed by atoms with E-state index >= 15 is 0 Å². The Morgan fingerprint density at radius 1 is 1.54 bits per heavy atom. The summed E-state index contributed by atoms with van der Waals surface area (Å²) in [6, 6.07) is 5.06. The van der Waals surface area contributed by atoms with E-state index in [0.717, 1.165) is 0 Å². The van der Waals surface area contributed by atoms with Gasteiger partial charge in [-0.25, -0.2) is 4.79 Å². The van der Waals surface area contributed by atoms with E-state index < -0.39 is 11.6 Å². The molecule has 2 aliphatic heterocycles. The summed E-state index contributed by atoms with van der Waals surface area (Å²) in [7, 11) is 0. The Balaban J connectivity index is 2.01. The fourth-order valence-corrected chi connectivity index (χ4v) is 4.24. The van der Waals surface area contributed by atoms with Crippen LogP contribution in [0.4, 0.5) is 4.79 Å². The van der Waals surface area contributed by atoms with Crippen LogP contribution in [0, 0.1) is 12.3 Å². The topological polar surface area (TPSA) is 91.2 Å². The van der Waals surface area contributed by atoms with Crippen molar-refractivity contribution in [2.75, 3.05) is 6.61 Å². The highest BCUT2D eigenvalue weighted by molar-refractivity contribution is 6.32. The van der Waals surface area contributed by atoms with E-state index in [1.807, 2.05) is 6.92 Å². The second kappa shape index (κ2) is 7.82. The summed E-state index contributed by atoms with van der Waals surface area (Å²) in [5.41, 5.74) is 0.186. The molecule has 2 fully saturated rings. The van der Waals surface area contributed by atoms with Crippen LogP contribution in [0.25, 0.3) is 0 Å². The van der Waals surface area contributed by atoms with Crippen LogP contribution in [0.1, 0.15) is 44.2 Å². The van der Waals surface area contributed by atoms with Gasteiger partial charge in [-0.2, -0.15) is 0 Å². The Hall–Kier alpha value is -2.56. The Bertz CT molecular complexity index is 879. The number of guanidine groups is 1. The number of carbonyl (C=O) groups is 2. The second-order valence-corrected chi connectivity index (χ2v) is 7.66. The molecule has 0 radical (unpaired) electrons. The molecule has 148 valence electrons. The van der Waals surface area contributed by atoms with Gasteiger partial charge in [0.2, 0.25) is 11.9 Å². The summed E-state index contributed by atoms with van der Waals surface area (Å²) in [5, 5.41) is 12.8. The molecule has 1 aromatic rings. The Morgan fingerprint density at radius 2 is 2.29 bits per heavy atom. The van der Waals surface area contributed by atoms with Crippen LogP contribution in [-0.4, -0.2) is 46.7 Å². The van der Waals surface area contributed by atoms with E-state index in [0.29, 0.717) is 35.6 Å². The van der Waals surface area contributed by atoms with Gasteiger partial charge in [-0.3, -0.25) is 9.69 Å². The molecular weight excluding hydrogens is 382 g/mol. The van der Waals surface area contributed by atoms with Crippen LogP contribution in [-0.2, 0) is 15.1 Å². The lowest BCUT2D eigenvalue weighted by Gasteiger charge is -2.45. The third-order valence-corrected chi connectivity index (χ3v) is 5.57. The van der Waals surface area contributed by atoms with E-state index in [-0.39, 0.29) is 30.4 Å².